The van der Waals surface area contributed by atoms with Gasteiger partial charge in [-0.1, -0.05) is 45.7 Å². The second kappa shape index (κ2) is 5.97. The van der Waals surface area contributed by atoms with Crippen molar-refractivity contribution in [3.63, 3.8) is 0 Å². The van der Waals surface area contributed by atoms with Crippen LogP contribution in [0, 0.1) is 6.92 Å². The van der Waals surface area contributed by atoms with Crippen LogP contribution in [-0.2, 0) is 18.3 Å². The third kappa shape index (κ3) is 2.88. The zero-order chi connectivity index (χ0) is 14.9. The number of carboxylic acids is 1. The smallest absolute Gasteiger partial charge is 0.311 e. The quantitative estimate of drug-likeness (QED) is 0.910. The fourth-order valence-electron chi connectivity index (χ4n) is 2.20. The molecule has 0 saturated heterocycles. The van der Waals surface area contributed by atoms with Crippen LogP contribution in [0.1, 0.15) is 22.7 Å². The third-order valence-corrected chi connectivity index (χ3v) is 4.45. The van der Waals surface area contributed by atoms with E-state index in [9.17, 15) is 9.90 Å². The molecule has 1 unspecified atom stereocenters. The number of carboxylic acid groups (broad SMARTS) is 1. The van der Waals surface area contributed by atoms with Crippen LogP contribution < -0.4 is 0 Å². The summed E-state index contributed by atoms with van der Waals surface area (Å²) in [5.74, 6) is -1.54. The van der Waals surface area contributed by atoms with Crippen LogP contribution in [0.4, 0.5) is 0 Å². The van der Waals surface area contributed by atoms with Gasteiger partial charge in [-0.2, -0.15) is 5.10 Å². The Morgan fingerprint density at radius 2 is 2.15 bits per heavy atom. The Morgan fingerprint density at radius 1 is 1.50 bits per heavy atom. The summed E-state index contributed by atoms with van der Waals surface area (Å²) in [4.78, 5) is 11.6. The van der Waals surface area contributed by atoms with E-state index >= 15 is 0 Å². The number of rotatable bonds is 4. The van der Waals surface area contributed by atoms with Crippen molar-refractivity contribution in [1.82, 2.24) is 9.78 Å². The molecule has 1 aromatic carbocycles. The molecule has 20 heavy (non-hydrogen) atoms. The SMILES string of the molecule is Cc1nn(C)c(Cl)c1CC(C(=O)O)c1ccccc1Br. The second-order valence-electron chi connectivity index (χ2n) is 4.59. The first-order valence-corrected chi connectivity index (χ1v) is 7.24. The monoisotopic (exact) mass is 356 g/mol. The van der Waals surface area contributed by atoms with Gasteiger partial charge in [0.15, 0.2) is 0 Å². The van der Waals surface area contributed by atoms with E-state index in [1.165, 1.54) is 0 Å². The molecule has 1 atom stereocenters. The van der Waals surface area contributed by atoms with Gasteiger partial charge in [0.2, 0.25) is 0 Å². The Labute approximate surface area is 130 Å². The average Bonchev–Trinajstić information content (AvgIpc) is 2.62. The van der Waals surface area contributed by atoms with Gasteiger partial charge in [0.25, 0.3) is 0 Å². The lowest BCUT2D eigenvalue weighted by Gasteiger charge is -2.14. The molecule has 1 aromatic heterocycles. The highest BCUT2D eigenvalue weighted by molar-refractivity contribution is 9.10. The van der Waals surface area contributed by atoms with Gasteiger partial charge in [-0.25, -0.2) is 0 Å². The van der Waals surface area contributed by atoms with Crippen molar-refractivity contribution >= 4 is 33.5 Å². The van der Waals surface area contributed by atoms with Crippen molar-refractivity contribution in [3.05, 3.63) is 50.7 Å². The predicted molar refractivity (Wildman–Crippen MR) is 81.2 cm³/mol. The Balaban J connectivity index is 2.41. The number of hydrogen-bond acceptors (Lipinski definition) is 2. The predicted octanol–water partition coefficient (Wildman–Crippen LogP) is 3.56. The van der Waals surface area contributed by atoms with Gasteiger partial charge in [-0.3, -0.25) is 9.48 Å². The molecule has 0 amide bonds. The van der Waals surface area contributed by atoms with E-state index in [0.29, 0.717) is 11.6 Å². The highest BCUT2D eigenvalue weighted by Crippen LogP contribution is 2.31. The van der Waals surface area contributed by atoms with Crippen molar-refractivity contribution in [1.29, 1.82) is 0 Å². The zero-order valence-electron chi connectivity index (χ0n) is 11.1. The Bertz CT molecular complexity index is 655. The van der Waals surface area contributed by atoms with Crippen LogP contribution in [-0.4, -0.2) is 20.9 Å². The molecule has 0 fully saturated rings. The summed E-state index contributed by atoms with van der Waals surface area (Å²) >= 11 is 9.59. The molecular weight excluding hydrogens is 344 g/mol. The molecule has 2 aromatic rings. The van der Waals surface area contributed by atoms with E-state index in [4.69, 9.17) is 11.6 Å². The van der Waals surface area contributed by atoms with E-state index in [1.807, 2.05) is 31.2 Å². The van der Waals surface area contributed by atoms with Crippen LogP contribution in [0.2, 0.25) is 5.15 Å². The van der Waals surface area contributed by atoms with Crippen LogP contribution in [0.5, 0.6) is 0 Å². The molecule has 0 aliphatic heterocycles. The molecule has 0 radical (unpaired) electrons. The lowest BCUT2D eigenvalue weighted by atomic mass is 9.92. The van der Waals surface area contributed by atoms with E-state index in [2.05, 4.69) is 21.0 Å². The first kappa shape index (κ1) is 15.1. The molecule has 2 rings (SSSR count). The Hall–Kier alpha value is -1.33. The summed E-state index contributed by atoms with van der Waals surface area (Å²) in [7, 11) is 1.74. The summed E-state index contributed by atoms with van der Waals surface area (Å²) in [6, 6.07) is 7.33. The lowest BCUT2D eigenvalue weighted by molar-refractivity contribution is -0.138. The van der Waals surface area contributed by atoms with Crippen LogP contribution in [0.15, 0.2) is 28.7 Å². The highest BCUT2D eigenvalue weighted by atomic mass is 79.9. The van der Waals surface area contributed by atoms with Gasteiger partial charge in [0, 0.05) is 17.1 Å². The molecule has 1 N–H and O–H groups in total. The van der Waals surface area contributed by atoms with Crippen molar-refractivity contribution in [3.8, 4) is 0 Å². The number of aromatic nitrogens is 2. The van der Waals surface area contributed by atoms with Gasteiger partial charge in [0.1, 0.15) is 5.15 Å². The van der Waals surface area contributed by atoms with E-state index in [0.717, 1.165) is 21.3 Å². The fourth-order valence-corrected chi connectivity index (χ4v) is 3.01. The van der Waals surface area contributed by atoms with Gasteiger partial charge < -0.3 is 5.11 Å². The molecule has 0 aliphatic carbocycles. The molecule has 0 aliphatic rings. The summed E-state index contributed by atoms with van der Waals surface area (Å²) in [6.07, 6.45) is 0.316. The normalized spacial score (nSPS) is 12.4. The zero-order valence-corrected chi connectivity index (χ0v) is 13.4. The minimum absolute atomic E-state index is 0.316. The topological polar surface area (TPSA) is 55.1 Å². The first-order chi connectivity index (χ1) is 9.41. The van der Waals surface area contributed by atoms with E-state index in [1.54, 1.807) is 11.7 Å². The number of aliphatic carboxylic acids is 1. The molecule has 1 heterocycles. The molecule has 0 saturated carbocycles. The minimum Gasteiger partial charge on any atom is -0.481 e. The minimum atomic E-state index is -0.879. The van der Waals surface area contributed by atoms with Gasteiger partial charge in [-0.05, 0) is 25.0 Å². The molecular formula is C14H14BrClN2O2. The maximum Gasteiger partial charge on any atom is 0.311 e. The maximum absolute atomic E-state index is 11.6. The Morgan fingerprint density at radius 3 is 2.65 bits per heavy atom. The summed E-state index contributed by atoms with van der Waals surface area (Å²) in [6.45, 7) is 1.83. The summed E-state index contributed by atoms with van der Waals surface area (Å²) in [5.41, 5.74) is 2.27. The van der Waals surface area contributed by atoms with Gasteiger partial charge in [-0.15, -0.1) is 0 Å². The van der Waals surface area contributed by atoms with Crippen LogP contribution in [0.25, 0.3) is 0 Å². The van der Waals surface area contributed by atoms with Crippen LogP contribution in [0.3, 0.4) is 0 Å². The van der Waals surface area contributed by atoms with Crippen molar-refractivity contribution < 1.29 is 9.90 Å². The standard InChI is InChI=1S/C14H14BrClN2O2/c1-8-10(13(16)18(2)17-8)7-11(14(19)20)9-5-3-4-6-12(9)15/h3-6,11H,7H2,1-2H3,(H,19,20). The third-order valence-electron chi connectivity index (χ3n) is 3.26. The molecule has 6 heteroatoms. The van der Waals surface area contributed by atoms with Gasteiger partial charge in [0.05, 0.1) is 11.6 Å². The molecule has 0 bridgehead atoms. The van der Waals surface area contributed by atoms with E-state index < -0.39 is 11.9 Å². The number of hydrogen-bond donors (Lipinski definition) is 1. The summed E-state index contributed by atoms with van der Waals surface area (Å²) in [5, 5.41) is 14.2. The molecule has 4 nitrogen and oxygen atoms in total. The second-order valence-corrected chi connectivity index (χ2v) is 5.81. The van der Waals surface area contributed by atoms with Crippen molar-refractivity contribution in [2.45, 2.75) is 19.3 Å². The fraction of sp³-hybridized carbons (Fsp3) is 0.286. The number of carbonyl (C=O) groups is 1. The number of aryl methyl sites for hydroxylation is 2. The number of benzene rings is 1. The number of nitrogens with zero attached hydrogens (tertiary/aromatic N) is 2. The van der Waals surface area contributed by atoms with E-state index in [-0.39, 0.29) is 0 Å². The molecule has 106 valence electrons. The summed E-state index contributed by atoms with van der Waals surface area (Å²) < 4.78 is 2.34. The van der Waals surface area contributed by atoms with Crippen molar-refractivity contribution in [2.24, 2.45) is 7.05 Å². The van der Waals surface area contributed by atoms with Crippen LogP contribution >= 0.6 is 27.5 Å². The average molecular weight is 358 g/mol. The first-order valence-electron chi connectivity index (χ1n) is 6.07. The lowest BCUT2D eigenvalue weighted by Crippen LogP contribution is -2.15. The number of halogens is 2. The molecule has 0 spiro atoms. The largest absolute Gasteiger partial charge is 0.481 e. The Kier molecular flexibility index (Phi) is 4.50. The highest BCUT2D eigenvalue weighted by Gasteiger charge is 2.25. The van der Waals surface area contributed by atoms with Gasteiger partial charge >= 0.3 is 5.97 Å². The van der Waals surface area contributed by atoms with Crippen molar-refractivity contribution in [2.75, 3.05) is 0 Å². The maximum atomic E-state index is 11.6.